The molecule has 0 fully saturated rings. The minimum absolute atomic E-state index is 0.148. The number of hydrogen-bond acceptors (Lipinski definition) is 4. The number of carbonyl (C=O) groups excluding carboxylic acids is 1. The van der Waals surface area contributed by atoms with Crippen LogP contribution in [0.3, 0.4) is 0 Å². The molecule has 0 bridgehead atoms. The van der Waals surface area contributed by atoms with Crippen LogP contribution in [-0.2, 0) is 4.79 Å². The molecule has 1 aliphatic rings. The van der Waals surface area contributed by atoms with Crippen LogP contribution in [0.15, 0.2) is 24.3 Å². The van der Waals surface area contributed by atoms with E-state index in [1.165, 1.54) is 6.92 Å². The molecular weight excluding hydrogens is 258 g/mol. The monoisotopic (exact) mass is 277 g/mol. The molecule has 1 aliphatic heterocycles. The Bertz CT molecular complexity index is 499. The number of aliphatic hydroxyl groups is 1. The summed E-state index contributed by atoms with van der Waals surface area (Å²) >= 11 is 0. The Morgan fingerprint density at radius 3 is 3.20 bits per heavy atom. The van der Waals surface area contributed by atoms with Gasteiger partial charge in [0, 0.05) is 31.5 Å². The first kappa shape index (κ1) is 14.4. The van der Waals surface area contributed by atoms with Gasteiger partial charge in [-0.15, -0.1) is 0 Å². The van der Waals surface area contributed by atoms with Gasteiger partial charge in [0.15, 0.2) is 0 Å². The summed E-state index contributed by atoms with van der Waals surface area (Å²) in [4.78, 5) is 10.7. The molecule has 2 rings (SSSR count). The van der Waals surface area contributed by atoms with Crippen molar-refractivity contribution in [2.75, 3.05) is 19.8 Å². The maximum Gasteiger partial charge on any atom is 0.216 e. The normalized spacial score (nSPS) is 14.1. The Balaban J connectivity index is 1.77. The Kier molecular flexibility index (Phi) is 5.01. The van der Waals surface area contributed by atoms with Crippen LogP contribution in [0.25, 0.3) is 6.08 Å². The Morgan fingerprint density at radius 2 is 2.40 bits per heavy atom. The topological polar surface area (TPSA) is 67.8 Å². The van der Waals surface area contributed by atoms with Crippen molar-refractivity contribution < 1.29 is 19.4 Å². The minimum atomic E-state index is -0.601. The molecule has 1 amide bonds. The van der Waals surface area contributed by atoms with E-state index in [1.54, 1.807) is 0 Å². The molecular formula is C15H19NO4. The average Bonchev–Trinajstić information content (AvgIpc) is 2.45. The maximum atomic E-state index is 10.7. The Labute approximate surface area is 118 Å². The SMILES string of the molecule is CC(=O)NCC(O)CCOc1ccc2c(c1)OCC=C2. The highest BCUT2D eigenvalue weighted by molar-refractivity contribution is 5.72. The quantitative estimate of drug-likeness (QED) is 0.824. The van der Waals surface area contributed by atoms with E-state index in [-0.39, 0.29) is 12.5 Å². The standard InChI is InChI=1S/C15H19NO4/c1-11(17)16-10-13(18)6-8-19-14-5-4-12-3-2-7-20-15(12)9-14/h2-5,9,13,18H,6-8,10H2,1H3,(H,16,17). The molecule has 1 heterocycles. The van der Waals surface area contributed by atoms with Crippen molar-refractivity contribution in [3.63, 3.8) is 0 Å². The van der Waals surface area contributed by atoms with E-state index in [4.69, 9.17) is 9.47 Å². The van der Waals surface area contributed by atoms with Crippen molar-refractivity contribution in [3.8, 4) is 11.5 Å². The first-order valence-corrected chi connectivity index (χ1v) is 6.64. The molecule has 2 N–H and O–H groups in total. The number of fused-ring (bicyclic) bond motifs is 1. The van der Waals surface area contributed by atoms with Crippen LogP contribution < -0.4 is 14.8 Å². The number of benzene rings is 1. The molecule has 0 saturated heterocycles. The number of ether oxygens (including phenoxy) is 2. The molecule has 0 saturated carbocycles. The third-order valence-electron chi connectivity index (χ3n) is 2.92. The highest BCUT2D eigenvalue weighted by atomic mass is 16.5. The molecule has 0 radical (unpaired) electrons. The molecule has 1 aromatic carbocycles. The van der Waals surface area contributed by atoms with Gasteiger partial charge in [-0.3, -0.25) is 4.79 Å². The minimum Gasteiger partial charge on any atom is -0.493 e. The molecule has 1 atom stereocenters. The smallest absolute Gasteiger partial charge is 0.216 e. The molecule has 1 unspecified atom stereocenters. The molecule has 5 heteroatoms. The van der Waals surface area contributed by atoms with Crippen molar-refractivity contribution in [1.82, 2.24) is 5.32 Å². The first-order valence-electron chi connectivity index (χ1n) is 6.64. The summed E-state index contributed by atoms with van der Waals surface area (Å²) in [5.41, 5.74) is 1.04. The lowest BCUT2D eigenvalue weighted by Crippen LogP contribution is -2.31. The van der Waals surface area contributed by atoms with Gasteiger partial charge in [0.25, 0.3) is 0 Å². The zero-order chi connectivity index (χ0) is 14.4. The van der Waals surface area contributed by atoms with E-state index >= 15 is 0 Å². The van der Waals surface area contributed by atoms with Crippen LogP contribution in [0.4, 0.5) is 0 Å². The summed E-state index contributed by atoms with van der Waals surface area (Å²) in [6.45, 7) is 2.63. The van der Waals surface area contributed by atoms with Crippen LogP contribution >= 0.6 is 0 Å². The lowest BCUT2D eigenvalue weighted by molar-refractivity contribution is -0.119. The fourth-order valence-electron chi connectivity index (χ4n) is 1.86. The molecule has 5 nitrogen and oxygen atoms in total. The van der Waals surface area contributed by atoms with E-state index in [0.29, 0.717) is 25.4 Å². The third-order valence-corrected chi connectivity index (χ3v) is 2.92. The van der Waals surface area contributed by atoms with Gasteiger partial charge in [0.1, 0.15) is 18.1 Å². The molecule has 108 valence electrons. The van der Waals surface area contributed by atoms with Gasteiger partial charge >= 0.3 is 0 Å². The summed E-state index contributed by atoms with van der Waals surface area (Å²) in [5.74, 6) is 1.37. The van der Waals surface area contributed by atoms with Gasteiger partial charge in [0.05, 0.1) is 12.7 Å². The first-order chi connectivity index (χ1) is 9.65. The van der Waals surface area contributed by atoms with Crippen molar-refractivity contribution in [3.05, 3.63) is 29.8 Å². The highest BCUT2D eigenvalue weighted by Crippen LogP contribution is 2.28. The number of carbonyl (C=O) groups is 1. The molecule has 20 heavy (non-hydrogen) atoms. The second kappa shape index (κ2) is 6.96. The van der Waals surface area contributed by atoms with Crippen molar-refractivity contribution in [1.29, 1.82) is 0 Å². The van der Waals surface area contributed by atoms with E-state index in [1.807, 2.05) is 30.4 Å². The maximum absolute atomic E-state index is 10.7. The average molecular weight is 277 g/mol. The number of aliphatic hydroxyl groups excluding tert-OH is 1. The lowest BCUT2D eigenvalue weighted by Gasteiger charge is -2.15. The molecule has 0 aromatic heterocycles. The van der Waals surface area contributed by atoms with Gasteiger partial charge in [-0.05, 0) is 18.2 Å². The third kappa shape index (κ3) is 4.28. The molecule has 0 aliphatic carbocycles. The van der Waals surface area contributed by atoms with Crippen LogP contribution in [-0.4, -0.2) is 36.9 Å². The van der Waals surface area contributed by atoms with Crippen LogP contribution in [0, 0.1) is 0 Å². The van der Waals surface area contributed by atoms with Gasteiger partial charge < -0.3 is 19.9 Å². The van der Waals surface area contributed by atoms with Crippen LogP contribution in [0.5, 0.6) is 11.5 Å². The largest absolute Gasteiger partial charge is 0.493 e. The van der Waals surface area contributed by atoms with Gasteiger partial charge in [0.2, 0.25) is 5.91 Å². The van der Waals surface area contributed by atoms with Crippen LogP contribution in [0.2, 0.25) is 0 Å². The van der Waals surface area contributed by atoms with Gasteiger partial charge in [-0.25, -0.2) is 0 Å². The summed E-state index contributed by atoms with van der Waals surface area (Å²) in [6.07, 6.45) is 3.83. The summed E-state index contributed by atoms with van der Waals surface area (Å²) < 4.78 is 11.1. The Morgan fingerprint density at radius 1 is 1.55 bits per heavy atom. The van der Waals surface area contributed by atoms with E-state index in [9.17, 15) is 9.90 Å². The highest BCUT2D eigenvalue weighted by Gasteiger charge is 2.08. The molecule has 1 aromatic rings. The predicted octanol–water partition coefficient (Wildman–Crippen LogP) is 1.36. The van der Waals surface area contributed by atoms with E-state index in [0.717, 1.165) is 11.3 Å². The van der Waals surface area contributed by atoms with E-state index < -0.39 is 6.10 Å². The zero-order valence-electron chi connectivity index (χ0n) is 11.5. The summed E-state index contributed by atoms with van der Waals surface area (Å²) in [6, 6.07) is 5.66. The van der Waals surface area contributed by atoms with E-state index in [2.05, 4.69) is 5.32 Å². The van der Waals surface area contributed by atoms with Crippen LogP contribution in [0.1, 0.15) is 18.9 Å². The second-order valence-electron chi connectivity index (χ2n) is 4.64. The number of rotatable bonds is 6. The number of amides is 1. The number of nitrogens with one attached hydrogen (secondary N) is 1. The van der Waals surface area contributed by atoms with Crippen molar-refractivity contribution in [2.24, 2.45) is 0 Å². The fourth-order valence-corrected chi connectivity index (χ4v) is 1.86. The van der Waals surface area contributed by atoms with Gasteiger partial charge in [-0.1, -0.05) is 6.08 Å². The zero-order valence-corrected chi connectivity index (χ0v) is 11.5. The fraction of sp³-hybridized carbons (Fsp3) is 0.400. The number of hydrogen-bond donors (Lipinski definition) is 2. The summed E-state index contributed by atoms with van der Waals surface area (Å²) in [5, 5.41) is 12.2. The second-order valence-corrected chi connectivity index (χ2v) is 4.64. The predicted molar refractivity (Wildman–Crippen MR) is 75.8 cm³/mol. The van der Waals surface area contributed by atoms with Crippen molar-refractivity contribution in [2.45, 2.75) is 19.4 Å². The van der Waals surface area contributed by atoms with Crippen molar-refractivity contribution >= 4 is 12.0 Å². The lowest BCUT2D eigenvalue weighted by atomic mass is 10.1. The Hall–Kier alpha value is -2.01. The summed E-state index contributed by atoms with van der Waals surface area (Å²) in [7, 11) is 0. The molecule has 0 spiro atoms. The van der Waals surface area contributed by atoms with Gasteiger partial charge in [-0.2, -0.15) is 0 Å².